The lowest BCUT2D eigenvalue weighted by Gasteiger charge is -2.30. The molecule has 2 aromatic rings. The zero-order valence-electron chi connectivity index (χ0n) is 16.8. The van der Waals surface area contributed by atoms with Crippen LogP contribution in [-0.4, -0.2) is 28.8 Å². The number of nitrogens with zero attached hydrogens (tertiary/aromatic N) is 1. The van der Waals surface area contributed by atoms with Gasteiger partial charge in [-0.3, -0.25) is 9.59 Å². The number of carbonyl (C=O) groups excluding carboxylic acids is 2. The van der Waals surface area contributed by atoms with Crippen LogP contribution in [0.2, 0.25) is 0 Å². The van der Waals surface area contributed by atoms with E-state index in [9.17, 15) is 14.0 Å². The van der Waals surface area contributed by atoms with Gasteiger partial charge in [0, 0.05) is 24.6 Å². The number of halogens is 1. The zero-order chi connectivity index (χ0) is 20.5. The molecule has 0 saturated heterocycles. The third-order valence-corrected chi connectivity index (χ3v) is 4.94. The van der Waals surface area contributed by atoms with Crippen molar-refractivity contribution >= 4 is 11.8 Å². The van der Waals surface area contributed by atoms with Gasteiger partial charge in [0.1, 0.15) is 11.9 Å². The highest BCUT2D eigenvalue weighted by atomic mass is 19.1. The Morgan fingerprint density at radius 2 is 1.68 bits per heavy atom. The smallest absolute Gasteiger partial charge is 0.242 e. The van der Waals surface area contributed by atoms with Crippen LogP contribution in [0.3, 0.4) is 0 Å². The van der Waals surface area contributed by atoms with E-state index >= 15 is 0 Å². The summed E-state index contributed by atoms with van der Waals surface area (Å²) in [5.41, 5.74) is 1.46. The molecule has 0 heterocycles. The van der Waals surface area contributed by atoms with Crippen LogP contribution in [-0.2, 0) is 22.6 Å². The molecule has 150 valence electrons. The van der Waals surface area contributed by atoms with Crippen molar-refractivity contribution in [2.75, 3.05) is 0 Å². The second-order valence-electron chi connectivity index (χ2n) is 7.09. The summed E-state index contributed by atoms with van der Waals surface area (Å²) in [6.07, 6.45) is 1.64. The van der Waals surface area contributed by atoms with Crippen molar-refractivity contribution in [2.24, 2.45) is 0 Å². The topological polar surface area (TPSA) is 49.4 Å². The molecule has 2 rings (SSSR count). The molecule has 0 fully saturated rings. The van der Waals surface area contributed by atoms with E-state index in [4.69, 9.17) is 0 Å². The summed E-state index contributed by atoms with van der Waals surface area (Å²) in [6.45, 7) is 5.66. The number of nitrogens with one attached hydrogen (secondary N) is 1. The molecule has 0 unspecified atom stereocenters. The Balaban J connectivity index is 2.15. The van der Waals surface area contributed by atoms with Crippen molar-refractivity contribution in [3.05, 3.63) is 71.5 Å². The molecule has 0 aromatic heterocycles. The number of hydrogen-bond acceptors (Lipinski definition) is 2. The molecule has 0 aliphatic rings. The zero-order valence-corrected chi connectivity index (χ0v) is 16.8. The van der Waals surface area contributed by atoms with Gasteiger partial charge in [-0.25, -0.2) is 4.39 Å². The molecule has 4 nitrogen and oxygen atoms in total. The molecule has 0 aliphatic carbocycles. The Bertz CT molecular complexity index is 779. The lowest BCUT2D eigenvalue weighted by molar-refractivity contribution is -0.140. The number of aryl methyl sites for hydroxylation is 1. The minimum Gasteiger partial charge on any atom is -0.352 e. The first-order chi connectivity index (χ1) is 13.4. The fraction of sp³-hybridized carbons (Fsp3) is 0.391. The van der Waals surface area contributed by atoms with Crippen LogP contribution in [0.25, 0.3) is 0 Å². The van der Waals surface area contributed by atoms with Crippen LogP contribution >= 0.6 is 0 Å². The second-order valence-corrected chi connectivity index (χ2v) is 7.09. The quantitative estimate of drug-likeness (QED) is 0.708. The Labute approximate surface area is 166 Å². The van der Waals surface area contributed by atoms with Gasteiger partial charge in [-0.1, -0.05) is 55.5 Å². The average molecular weight is 384 g/mol. The summed E-state index contributed by atoms with van der Waals surface area (Å²) in [5, 5.41) is 2.91. The summed E-state index contributed by atoms with van der Waals surface area (Å²) in [4.78, 5) is 27.0. The molecule has 0 radical (unpaired) electrons. The lowest BCUT2D eigenvalue weighted by atomic mass is 10.1. The Morgan fingerprint density at radius 3 is 2.32 bits per heavy atom. The predicted molar refractivity (Wildman–Crippen MR) is 109 cm³/mol. The van der Waals surface area contributed by atoms with Gasteiger partial charge in [0.05, 0.1) is 0 Å². The maximum absolute atomic E-state index is 14.2. The first kappa shape index (κ1) is 21.6. The van der Waals surface area contributed by atoms with E-state index < -0.39 is 6.04 Å². The summed E-state index contributed by atoms with van der Waals surface area (Å²) in [6, 6.07) is 15.4. The van der Waals surface area contributed by atoms with Gasteiger partial charge in [-0.05, 0) is 38.3 Å². The van der Waals surface area contributed by atoms with Crippen LogP contribution in [0, 0.1) is 5.82 Å². The summed E-state index contributed by atoms with van der Waals surface area (Å²) < 4.78 is 14.2. The van der Waals surface area contributed by atoms with E-state index in [1.54, 1.807) is 25.1 Å². The van der Waals surface area contributed by atoms with Gasteiger partial charge < -0.3 is 10.2 Å². The average Bonchev–Trinajstić information content (AvgIpc) is 2.71. The molecule has 1 N–H and O–H groups in total. The maximum Gasteiger partial charge on any atom is 0.242 e. The number of amides is 2. The minimum atomic E-state index is -0.683. The predicted octanol–water partition coefficient (Wildman–Crippen LogP) is 4.09. The van der Waals surface area contributed by atoms with E-state index in [2.05, 4.69) is 5.32 Å². The summed E-state index contributed by atoms with van der Waals surface area (Å²) >= 11 is 0. The Hall–Kier alpha value is -2.69. The van der Waals surface area contributed by atoms with Gasteiger partial charge in [-0.2, -0.15) is 0 Å². The van der Waals surface area contributed by atoms with E-state index in [0.717, 1.165) is 12.0 Å². The van der Waals surface area contributed by atoms with E-state index in [0.29, 0.717) is 12.0 Å². The number of benzene rings is 2. The molecule has 2 aromatic carbocycles. The van der Waals surface area contributed by atoms with Crippen molar-refractivity contribution in [1.82, 2.24) is 10.2 Å². The van der Waals surface area contributed by atoms with Crippen molar-refractivity contribution in [1.29, 1.82) is 0 Å². The maximum atomic E-state index is 14.2. The largest absolute Gasteiger partial charge is 0.352 e. The normalized spacial score (nSPS) is 12.9. The van der Waals surface area contributed by atoms with Gasteiger partial charge in [0.25, 0.3) is 0 Å². The molecule has 0 spiro atoms. The number of hydrogen-bond donors (Lipinski definition) is 1. The van der Waals surface area contributed by atoms with Crippen LogP contribution in [0.5, 0.6) is 0 Å². The lowest BCUT2D eigenvalue weighted by Crippen LogP contribution is -2.49. The van der Waals surface area contributed by atoms with Gasteiger partial charge in [-0.15, -0.1) is 0 Å². The highest BCUT2D eigenvalue weighted by Crippen LogP contribution is 2.15. The van der Waals surface area contributed by atoms with E-state index in [1.165, 1.54) is 11.0 Å². The highest BCUT2D eigenvalue weighted by molar-refractivity contribution is 5.87. The van der Waals surface area contributed by atoms with Crippen molar-refractivity contribution in [2.45, 2.75) is 58.7 Å². The molecule has 5 heteroatoms. The van der Waals surface area contributed by atoms with Crippen molar-refractivity contribution in [3.8, 4) is 0 Å². The minimum absolute atomic E-state index is 0.0182. The van der Waals surface area contributed by atoms with Gasteiger partial charge in [0.2, 0.25) is 11.8 Å². The van der Waals surface area contributed by atoms with E-state index in [1.807, 2.05) is 44.2 Å². The second kappa shape index (κ2) is 10.6. The first-order valence-electron chi connectivity index (χ1n) is 9.79. The monoisotopic (exact) mass is 384 g/mol. The molecule has 28 heavy (non-hydrogen) atoms. The Morgan fingerprint density at radius 1 is 1.04 bits per heavy atom. The van der Waals surface area contributed by atoms with E-state index in [-0.39, 0.29) is 36.6 Å². The molecular formula is C23H29FN2O2. The third kappa shape index (κ3) is 6.19. The summed E-state index contributed by atoms with van der Waals surface area (Å²) in [5.74, 6) is -0.768. The number of carbonyl (C=O) groups is 2. The molecule has 0 aliphatic heterocycles. The van der Waals surface area contributed by atoms with Crippen molar-refractivity contribution in [3.63, 3.8) is 0 Å². The summed E-state index contributed by atoms with van der Waals surface area (Å²) in [7, 11) is 0. The van der Waals surface area contributed by atoms with Gasteiger partial charge >= 0.3 is 0 Å². The molecular weight excluding hydrogens is 355 g/mol. The highest BCUT2D eigenvalue weighted by Gasteiger charge is 2.27. The molecule has 0 bridgehead atoms. The fourth-order valence-electron chi connectivity index (χ4n) is 2.90. The fourth-order valence-corrected chi connectivity index (χ4v) is 2.90. The van der Waals surface area contributed by atoms with Crippen LogP contribution in [0.4, 0.5) is 4.39 Å². The van der Waals surface area contributed by atoms with Crippen molar-refractivity contribution < 1.29 is 14.0 Å². The SMILES string of the molecule is CC[C@H](C)NC(=O)[C@H](C)N(Cc1ccccc1F)C(=O)CCc1ccccc1. The standard InChI is InChI=1S/C23H29FN2O2/c1-4-17(2)25-23(28)18(3)26(16-20-12-8-9-13-21(20)24)22(27)15-14-19-10-6-5-7-11-19/h5-13,17-18H,4,14-16H2,1-3H3,(H,25,28)/t17-,18-/m0/s1. The third-order valence-electron chi connectivity index (χ3n) is 4.94. The Kier molecular flexibility index (Phi) is 8.18. The van der Waals surface area contributed by atoms with Gasteiger partial charge in [0.15, 0.2) is 0 Å². The van der Waals surface area contributed by atoms with Crippen LogP contribution in [0.15, 0.2) is 54.6 Å². The molecule has 0 saturated carbocycles. The first-order valence-corrected chi connectivity index (χ1v) is 9.79. The van der Waals surface area contributed by atoms with Crippen LogP contribution < -0.4 is 5.32 Å². The number of rotatable bonds is 9. The molecule has 2 amide bonds. The van der Waals surface area contributed by atoms with Crippen LogP contribution in [0.1, 0.15) is 44.7 Å². The molecule has 2 atom stereocenters.